The molecule has 2 aliphatic rings. The Morgan fingerprint density at radius 2 is 1.75 bits per heavy atom. The van der Waals surface area contributed by atoms with Crippen molar-refractivity contribution in [1.82, 2.24) is 9.88 Å². The summed E-state index contributed by atoms with van der Waals surface area (Å²) >= 11 is 0. The lowest BCUT2D eigenvalue weighted by Crippen LogP contribution is -2.43. The number of aromatic nitrogens is 1. The third kappa shape index (κ3) is 5.55. The van der Waals surface area contributed by atoms with Gasteiger partial charge in [0.25, 0.3) is 5.91 Å². The topological polar surface area (TPSA) is 115 Å². The van der Waals surface area contributed by atoms with Crippen LogP contribution in [0.25, 0.3) is 0 Å². The van der Waals surface area contributed by atoms with Crippen LogP contribution in [0.15, 0.2) is 60.8 Å². The van der Waals surface area contributed by atoms with Crippen molar-refractivity contribution in [2.45, 2.75) is 12.8 Å². The average Bonchev–Trinajstić information content (AvgIpc) is 3.05. The number of ketones is 1. The van der Waals surface area contributed by atoms with E-state index in [-0.39, 0.29) is 46.9 Å². The van der Waals surface area contributed by atoms with Gasteiger partial charge in [0.2, 0.25) is 5.75 Å². The summed E-state index contributed by atoms with van der Waals surface area (Å²) in [5, 5.41) is 0. The van der Waals surface area contributed by atoms with E-state index in [0.717, 1.165) is 0 Å². The van der Waals surface area contributed by atoms with Crippen molar-refractivity contribution in [3.05, 3.63) is 77.7 Å². The molecule has 3 aromatic rings. The first-order chi connectivity index (χ1) is 19.4. The van der Waals surface area contributed by atoms with Crippen LogP contribution >= 0.6 is 0 Å². The number of nitrogens with zero attached hydrogens (tertiary/aromatic N) is 3. The predicted molar refractivity (Wildman–Crippen MR) is 140 cm³/mol. The van der Waals surface area contributed by atoms with E-state index in [1.165, 1.54) is 48.4 Å². The number of fused-ring (bicyclic) bond motifs is 2. The average molecular weight is 548 g/mol. The van der Waals surface area contributed by atoms with Crippen LogP contribution in [0.2, 0.25) is 0 Å². The molecule has 11 heteroatoms. The number of methoxy groups -OCH3 is 1. The van der Waals surface area contributed by atoms with Crippen LogP contribution in [0, 0.1) is 11.7 Å². The Labute approximate surface area is 229 Å². The summed E-state index contributed by atoms with van der Waals surface area (Å²) in [5.74, 6) is -3.43. The Kier molecular flexibility index (Phi) is 7.83. The SMILES string of the molecule is COc1c2ccc(C(=O)N(CCN3CCC(C(=O)c4ccc(F)cc4)CC3)c3ccccn3)c1OC(=O)C(=O)O2. The second kappa shape index (κ2) is 11.6. The van der Waals surface area contributed by atoms with Gasteiger partial charge in [-0.25, -0.2) is 19.0 Å². The van der Waals surface area contributed by atoms with Crippen molar-refractivity contribution >= 4 is 29.4 Å². The van der Waals surface area contributed by atoms with Crippen LogP contribution in [0.4, 0.5) is 10.2 Å². The first-order valence-electron chi connectivity index (χ1n) is 12.8. The number of amides is 1. The number of benzene rings is 2. The van der Waals surface area contributed by atoms with E-state index in [1.807, 2.05) is 0 Å². The van der Waals surface area contributed by atoms with E-state index in [1.54, 1.807) is 24.4 Å². The first-order valence-corrected chi connectivity index (χ1v) is 12.8. The Bertz CT molecular complexity index is 1440. The van der Waals surface area contributed by atoms with E-state index in [9.17, 15) is 23.6 Å². The number of rotatable bonds is 8. The van der Waals surface area contributed by atoms with E-state index in [0.29, 0.717) is 43.9 Å². The molecule has 2 aromatic carbocycles. The van der Waals surface area contributed by atoms with Crippen LogP contribution in [-0.4, -0.2) is 66.8 Å². The number of Topliss-reactive ketones (excluding diaryl/α,β-unsaturated/α-hetero) is 1. The number of hydrogen-bond donors (Lipinski definition) is 0. The molecule has 5 rings (SSSR count). The second-order valence-electron chi connectivity index (χ2n) is 9.38. The van der Waals surface area contributed by atoms with Gasteiger partial charge >= 0.3 is 11.9 Å². The molecule has 0 N–H and O–H groups in total. The van der Waals surface area contributed by atoms with Gasteiger partial charge < -0.3 is 19.1 Å². The van der Waals surface area contributed by atoms with Crippen molar-refractivity contribution in [1.29, 1.82) is 0 Å². The van der Waals surface area contributed by atoms with E-state index >= 15 is 0 Å². The number of carbonyl (C=O) groups excluding carboxylic acids is 4. The molecule has 2 bridgehead atoms. The fraction of sp³-hybridized carbons (Fsp3) is 0.276. The monoisotopic (exact) mass is 547 g/mol. The summed E-state index contributed by atoms with van der Waals surface area (Å²) < 4.78 is 28.7. The molecule has 0 radical (unpaired) electrons. The standard InChI is InChI=1S/C29H26FN3O7/c1-38-26-22-10-9-21(25(26)40-29(37)28(36)39-22)27(35)33(23-4-2-3-13-31-23)17-16-32-14-11-19(12-15-32)24(34)18-5-7-20(30)8-6-18/h2-10,13,19H,11-12,14-17H2,1H3. The van der Waals surface area contributed by atoms with Gasteiger partial charge in [0.15, 0.2) is 17.3 Å². The van der Waals surface area contributed by atoms with Gasteiger partial charge in [-0.3, -0.25) is 14.5 Å². The Morgan fingerprint density at radius 3 is 2.42 bits per heavy atom. The van der Waals surface area contributed by atoms with Gasteiger partial charge in [0.1, 0.15) is 11.6 Å². The van der Waals surface area contributed by atoms with Crippen LogP contribution in [0.1, 0.15) is 33.6 Å². The number of carbonyl (C=O) groups is 4. The third-order valence-corrected chi connectivity index (χ3v) is 6.97. The molecule has 1 saturated heterocycles. The molecule has 1 fully saturated rings. The fourth-order valence-electron chi connectivity index (χ4n) is 4.85. The highest BCUT2D eigenvalue weighted by Crippen LogP contribution is 2.42. The molecule has 1 aromatic heterocycles. The zero-order valence-corrected chi connectivity index (χ0v) is 21.7. The van der Waals surface area contributed by atoms with Gasteiger partial charge in [0.05, 0.1) is 12.7 Å². The minimum Gasteiger partial charge on any atom is -0.490 e. The minimum absolute atomic E-state index is 0.00139. The van der Waals surface area contributed by atoms with Crippen molar-refractivity contribution in [3.63, 3.8) is 0 Å². The number of anilines is 1. The van der Waals surface area contributed by atoms with E-state index in [4.69, 9.17) is 14.2 Å². The van der Waals surface area contributed by atoms with Crippen LogP contribution < -0.4 is 19.1 Å². The van der Waals surface area contributed by atoms with Crippen molar-refractivity contribution in [2.24, 2.45) is 5.92 Å². The summed E-state index contributed by atoms with van der Waals surface area (Å²) in [6, 6.07) is 13.5. The molecule has 0 saturated carbocycles. The third-order valence-electron chi connectivity index (χ3n) is 6.97. The molecule has 0 aliphatic carbocycles. The number of halogens is 1. The highest BCUT2D eigenvalue weighted by atomic mass is 19.1. The van der Waals surface area contributed by atoms with Gasteiger partial charge in [-0.1, -0.05) is 6.07 Å². The predicted octanol–water partition coefficient (Wildman–Crippen LogP) is 3.30. The van der Waals surface area contributed by atoms with Crippen LogP contribution in [-0.2, 0) is 9.59 Å². The number of esters is 2. The van der Waals surface area contributed by atoms with Crippen molar-refractivity contribution in [3.8, 4) is 17.2 Å². The highest BCUT2D eigenvalue weighted by molar-refractivity contribution is 6.31. The summed E-state index contributed by atoms with van der Waals surface area (Å²) in [4.78, 5) is 58.7. The number of hydrogen-bond acceptors (Lipinski definition) is 9. The number of likely N-dealkylation sites (tertiary alicyclic amines) is 1. The lowest BCUT2D eigenvalue weighted by Gasteiger charge is -2.33. The second-order valence-corrected chi connectivity index (χ2v) is 9.38. The largest absolute Gasteiger partial charge is 0.490 e. The molecular formula is C29H26FN3O7. The minimum atomic E-state index is -1.27. The lowest BCUT2D eigenvalue weighted by atomic mass is 9.89. The van der Waals surface area contributed by atoms with E-state index < -0.39 is 17.8 Å². The number of piperidine rings is 1. The van der Waals surface area contributed by atoms with Crippen molar-refractivity contribution < 1.29 is 37.8 Å². The molecule has 0 atom stereocenters. The molecule has 0 unspecified atom stereocenters. The summed E-state index contributed by atoms with van der Waals surface area (Å²) in [6.07, 6.45) is 2.84. The molecule has 40 heavy (non-hydrogen) atoms. The lowest BCUT2D eigenvalue weighted by molar-refractivity contribution is -0.155. The summed E-state index contributed by atoms with van der Waals surface area (Å²) in [7, 11) is 1.31. The number of pyridine rings is 1. The molecule has 206 valence electrons. The molecule has 10 nitrogen and oxygen atoms in total. The summed E-state index contributed by atoms with van der Waals surface area (Å²) in [5.41, 5.74) is 0.502. The molecule has 3 heterocycles. The zero-order chi connectivity index (χ0) is 28.2. The van der Waals surface area contributed by atoms with Gasteiger partial charge in [-0.15, -0.1) is 0 Å². The summed E-state index contributed by atoms with van der Waals surface area (Å²) in [6.45, 7) is 2.03. The zero-order valence-electron chi connectivity index (χ0n) is 21.7. The van der Waals surface area contributed by atoms with Gasteiger partial charge in [-0.2, -0.15) is 0 Å². The Balaban J connectivity index is 1.31. The molecule has 2 aliphatic heterocycles. The maximum atomic E-state index is 13.8. The molecular weight excluding hydrogens is 521 g/mol. The highest BCUT2D eigenvalue weighted by Gasteiger charge is 2.34. The van der Waals surface area contributed by atoms with E-state index in [2.05, 4.69) is 9.88 Å². The maximum absolute atomic E-state index is 13.8. The van der Waals surface area contributed by atoms with Crippen molar-refractivity contribution in [2.75, 3.05) is 38.2 Å². The molecule has 1 amide bonds. The fourth-order valence-corrected chi connectivity index (χ4v) is 4.85. The van der Waals surface area contributed by atoms with Crippen LogP contribution in [0.3, 0.4) is 0 Å². The Morgan fingerprint density at radius 1 is 1.02 bits per heavy atom. The van der Waals surface area contributed by atoms with Crippen LogP contribution in [0.5, 0.6) is 17.2 Å². The molecule has 0 spiro atoms. The first kappa shape index (κ1) is 26.9. The number of ether oxygens (including phenoxy) is 3. The quantitative estimate of drug-likeness (QED) is 0.181. The Hall–Kier alpha value is -4.64. The maximum Gasteiger partial charge on any atom is 0.423 e. The normalized spacial score (nSPS) is 15.6. The van der Waals surface area contributed by atoms with Gasteiger partial charge in [0, 0.05) is 30.8 Å². The van der Waals surface area contributed by atoms with Gasteiger partial charge in [-0.05, 0) is 74.5 Å². The smallest absolute Gasteiger partial charge is 0.423 e.